The number of benzene rings is 1. The van der Waals surface area contributed by atoms with E-state index in [0.717, 1.165) is 18.4 Å². The molecule has 2 rings (SSSR count). The molecule has 1 heterocycles. The van der Waals surface area contributed by atoms with Crippen LogP contribution in [0.15, 0.2) is 18.2 Å². The number of hydrogen-bond donors (Lipinski definition) is 1. The van der Waals surface area contributed by atoms with E-state index in [4.69, 9.17) is 0 Å². The van der Waals surface area contributed by atoms with Gasteiger partial charge in [0.1, 0.15) is 11.6 Å². The summed E-state index contributed by atoms with van der Waals surface area (Å²) in [6.45, 7) is 0.896. The largest absolute Gasteiger partial charge is 0.301 e. The molecule has 1 unspecified atom stereocenters. The van der Waals surface area contributed by atoms with Gasteiger partial charge in [0.05, 0.1) is 5.37 Å². The average Bonchev–Trinajstić information content (AvgIpc) is 2.53. The molecule has 0 bridgehead atoms. The summed E-state index contributed by atoms with van der Waals surface area (Å²) in [4.78, 5) is 0. The first-order valence-electron chi connectivity index (χ1n) is 4.07. The van der Waals surface area contributed by atoms with E-state index in [1.54, 1.807) is 11.8 Å². The summed E-state index contributed by atoms with van der Waals surface area (Å²) in [5, 5.41) is 3.20. The van der Waals surface area contributed by atoms with Gasteiger partial charge in [-0.05, 0) is 17.7 Å². The Balaban J connectivity index is 2.28. The maximum absolute atomic E-state index is 12.8. The molecule has 0 aliphatic carbocycles. The average molecular weight is 201 g/mol. The molecule has 1 saturated heterocycles. The first-order chi connectivity index (χ1) is 6.25. The van der Waals surface area contributed by atoms with E-state index in [1.807, 2.05) is 0 Å². The summed E-state index contributed by atoms with van der Waals surface area (Å²) in [6.07, 6.45) is 0. The van der Waals surface area contributed by atoms with Crippen molar-refractivity contribution in [3.05, 3.63) is 35.4 Å². The molecule has 0 spiro atoms. The Morgan fingerprint density at radius 1 is 1.23 bits per heavy atom. The van der Waals surface area contributed by atoms with Gasteiger partial charge in [0.15, 0.2) is 0 Å². The fraction of sp³-hybridized carbons (Fsp3) is 0.333. The van der Waals surface area contributed by atoms with Crippen LogP contribution in [-0.2, 0) is 0 Å². The van der Waals surface area contributed by atoms with Crippen molar-refractivity contribution in [2.45, 2.75) is 5.37 Å². The van der Waals surface area contributed by atoms with Crippen LogP contribution in [0.5, 0.6) is 0 Å². The van der Waals surface area contributed by atoms with E-state index in [0.29, 0.717) is 5.56 Å². The Morgan fingerprint density at radius 2 is 1.92 bits per heavy atom. The maximum atomic E-state index is 12.8. The summed E-state index contributed by atoms with van der Waals surface area (Å²) >= 11 is 1.67. The van der Waals surface area contributed by atoms with Gasteiger partial charge in [-0.1, -0.05) is 0 Å². The Hall–Kier alpha value is -0.610. The number of nitrogens with one attached hydrogen (secondary N) is 1. The molecular weight excluding hydrogens is 192 g/mol. The first-order valence-corrected chi connectivity index (χ1v) is 5.11. The number of halogens is 2. The zero-order valence-corrected chi connectivity index (χ0v) is 7.70. The molecule has 1 fully saturated rings. The molecular formula is C9H9F2NS. The van der Waals surface area contributed by atoms with E-state index in [9.17, 15) is 8.78 Å². The third-order valence-corrected chi connectivity index (χ3v) is 3.12. The van der Waals surface area contributed by atoms with Crippen molar-refractivity contribution in [1.82, 2.24) is 5.32 Å². The minimum atomic E-state index is -0.510. The second kappa shape index (κ2) is 3.64. The highest BCUT2D eigenvalue weighted by Gasteiger charge is 2.17. The molecule has 1 N–H and O–H groups in total. The molecule has 1 atom stereocenters. The smallest absolute Gasteiger partial charge is 0.126 e. The lowest BCUT2D eigenvalue weighted by atomic mass is 10.2. The summed E-state index contributed by atoms with van der Waals surface area (Å²) in [6, 6.07) is 3.64. The third kappa shape index (κ3) is 2.00. The highest BCUT2D eigenvalue weighted by molar-refractivity contribution is 7.99. The molecule has 1 nitrogen and oxygen atoms in total. The van der Waals surface area contributed by atoms with Gasteiger partial charge < -0.3 is 5.32 Å². The van der Waals surface area contributed by atoms with Gasteiger partial charge in [-0.2, -0.15) is 0 Å². The molecule has 13 heavy (non-hydrogen) atoms. The fourth-order valence-electron chi connectivity index (χ4n) is 1.37. The van der Waals surface area contributed by atoms with E-state index >= 15 is 0 Å². The van der Waals surface area contributed by atoms with Crippen LogP contribution < -0.4 is 5.32 Å². The Kier molecular flexibility index (Phi) is 2.51. The Labute approximate surface area is 79.5 Å². The van der Waals surface area contributed by atoms with Crippen molar-refractivity contribution in [2.75, 3.05) is 12.3 Å². The highest BCUT2D eigenvalue weighted by Crippen LogP contribution is 2.30. The van der Waals surface area contributed by atoms with Crippen LogP contribution in [0, 0.1) is 11.6 Å². The topological polar surface area (TPSA) is 12.0 Å². The molecule has 0 saturated carbocycles. The van der Waals surface area contributed by atoms with Crippen LogP contribution in [0.2, 0.25) is 0 Å². The normalized spacial score (nSPS) is 22.2. The van der Waals surface area contributed by atoms with Crippen molar-refractivity contribution < 1.29 is 8.78 Å². The molecule has 1 aliphatic rings. The molecule has 70 valence electrons. The monoisotopic (exact) mass is 201 g/mol. The predicted molar refractivity (Wildman–Crippen MR) is 49.6 cm³/mol. The molecule has 0 amide bonds. The minimum absolute atomic E-state index is 0.0465. The Morgan fingerprint density at radius 3 is 2.46 bits per heavy atom. The van der Waals surface area contributed by atoms with Crippen molar-refractivity contribution in [3.8, 4) is 0 Å². The first kappa shape index (κ1) is 8.97. The van der Waals surface area contributed by atoms with Gasteiger partial charge in [0.25, 0.3) is 0 Å². The summed E-state index contributed by atoms with van der Waals surface area (Å²) in [7, 11) is 0. The molecule has 1 aromatic rings. The zero-order chi connectivity index (χ0) is 9.26. The number of hydrogen-bond acceptors (Lipinski definition) is 2. The van der Waals surface area contributed by atoms with Gasteiger partial charge in [-0.3, -0.25) is 0 Å². The second-order valence-electron chi connectivity index (χ2n) is 2.91. The van der Waals surface area contributed by atoms with E-state index in [1.165, 1.54) is 12.1 Å². The van der Waals surface area contributed by atoms with E-state index < -0.39 is 11.6 Å². The highest BCUT2D eigenvalue weighted by atomic mass is 32.2. The summed E-state index contributed by atoms with van der Waals surface area (Å²) in [5.41, 5.74) is 0.681. The van der Waals surface area contributed by atoms with Crippen LogP contribution in [0.1, 0.15) is 10.9 Å². The second-order valence-corrected chi connectivity index (χ2v) is 4.12. The van der Waals surface area contributed by atoms with Gasteiger partial charge in [0, 0.05) is 18.4 Å². The summed E-state index contributed by atoms with van der Waals surface area (Å²) < 4.78 is 25.6. The third-order valence-electron chi connectivity index (χ3n) is 1.90. The van der Waals surface area contributed by atoms with Crippen LogP contribution in [0.3, 0.4) is 0 Å². The van der Waals surface area contributed by atoms with Crippen LogP contribution in [-0.4, -0.2) is 12.3 Å². The molecule has 0 aromatic heterocycles. The lowest BCUT2D eigenvalue weighted by Crippen LogP contribution is -2.12. The number of rotatable bonds is 1. The zero-order valence-electron chi connectivity index (χ0n) is 6.89. The van der Waals surface area contributed by atoms with Crippen LogP contribution in [0.4, 0.5) is 8.78 Å². The minimum Gasteiger partial charge on any atom is -0.301 e. The van der Waals surface area contributed by atoms with Gasteiger partial charge in [-0.25, -0.2) is 8.78 Å². The SMILES string of the molecule is Fc1cc(F)cc(C2NCCS2)c1. The van der Waals surface area contributed by atoms with E-state index in [2.05, 4.69) is 5.32 Å². The molecule has 4 heteroatoms. The molecule has 0 radical (unpaired) electrons. The maximum Gasteiger partial charge on any atom is 0.126 e. The quantitative estimate of drug-likeness (QED) is 0.748. The summed E-state index contributed by atoms with van der Waals surface area (Å²) in [5.74, 6) is -0.0309. The van der Waals surface area contributed by atoms with Gasteiger partial charge >= 0.3 is 0 Å². The molecule has 1 aliphatic heterocycles. The van der Waals surface area contributed by atoms with Gasteiger partial charge in [-0.15, -0.1) is 11.8 Å². The van der Waals surface area contributed by atoms with E-state index in [-0.39, 0.29) is 5.37 Å². The number of thioether (sulfide) groups is 1. The van der Waals surface area contributed by atoms with Crippen LogP contribution in [0.25, 0.3) is 0 Å². The van der Waals surface area contributed by atoms with Crippen molar-refractivity contribution in [1.29, 1.82) is 0 Å². The van der Waals surface area contributed by atoms with Gasteiger partial charge in [0.2, 0.25) is 0 Å². The van der Waals surface area contributed by atoms with Crippen molar-refractivity contribution >= 4 is 11.8 Å². The van der Waals surface area contributed by atoms with Crippen LogP contribution >= 0.6 is 11.8 Å². The van der Waals surface area contributed by atoms with Crippen molar-refractivity contribution in [2.24, 2.45) is 0 Å². The fourth-order valence-corrected chi connectivity index (χ4v) is 2.40. The molecule has 1 aromatic carbocycles. The lowest BCUT2D eigenvalue weighted by Gasteiger charge is -2.09. The lowest BCUT2D eigenvalue weighted by molar-refractivity contribution is 0.576. The predicted octanol–water partition coefficient (Wildman–Crippen LogP) is 2.30. The Bertz CT molecular complexity index is 290. The standard InChI is InChI=1S/C9H9F2NS/c10-7-3-6(4-8(11)5-7)9-12-1-2-13-9/h3-5,9,12H,1-2H2. The van der Waals surface area contributed by atoms with Crippen molar-refractivity contribution in [3.63, 3.8) is 0 Å².